The monoisotopic (exact) mass is 268 g/mol. The van der Waals surface area contributed by atoms with E-state index in [1.807, 2.05) is 0 Å². The second-order valence-corrected chi connectivity index (χ2v) is 3.84. The van der Waals surface area contributed by atoms with E-state index in [0.29, 0.717) is 0 Å². The third-order valence-corrected chi connectivity index (χ3v) is 2.45. The molecule has 0 saturated heterocycles. The molecule has 0 radical (unpaired) electrons. The lowest BCUT2D eigenvalue weighted by atomic mass is 10.0. The summed E-state index contributed by atoms with van der Waals surface area (Å²) in [6.45, 7) is 0. The number of hydrogen-bond acceptors (Lipinski definition) is 3. The summed E-state index contributed by atoms with van der Waals surface area (Å²) >= 11 is 10.9. The van der Waals surface area contributed by atoms with Crippen LogP contribution in [-0.2, 0) is 4.79 Å². The van der Waals surface area contributed by atoms with Crippen LogP contribution in [0.5, 0.6) is 0 Å². The number of halogens is 3. The number of aliphatic hydroxyl groups excluding tert-OH is 2. The van der Waals surface area contributed by atoms with Crippen molar-refractivity contribution >= 4 is 29.2 Å². The third kappa shape index (κ3) is 2.62. The Morgan fingerprint density at radius 1 is 1.25 bits per heavy atom. The fraction of sp³-hybridized carbons (Fsp3) is 0.222. The lowest BCUT2D eigenvalue weighted by Gasteiger charge is -2.15. The molecule has 2 unspecified atom stereocenters. The topological polar surface area (TPSA) is 77.8 Å². The van der Waals surface area contributed by atoms with Crippen LogP contribution < -0.4 is 0 Å². The van der Waals surface area contributed by atoms with Crippen LogP contribution >= 0.6 is 23.2 Å². The van der Waals surface area contributed by atoms with Crippen LogP contribution in [0.2, 0.25) is 10.0 Å². The smallest absolute Gasteiger partial charge is 0.335 e. The van der Waals surface area contributed by atoms with Crippen LogP contribution in [0, 0.1) is 5.82 Å². The van der Waals surface area contributed by atoms with Gasteiger partial charge in [-0.05, 0) is 17.7 Å². The molecule has 7 heteroatoms. The van der Waals surface area contributed by atoms with Crippen LogP contribution in [0.4, 0.5) is 4.39 Å². The number of hydrogen-bond donors (Lipinski definition) is 3. The van der Waals surface area contributed by atoms with Gasteiger partial charge >= 0.3 is 5.97 Å². The molecular weight excluding hydrogens is 262 g/mol. The van der Waals surface area contributed by atoms with E-state index in [9.17, 15) is 14.3 Å². The molecular formula is C9H7Cl2FO4. The molecule has 2 atom stereocenters. The fourth-order valence-electron chi connectivity index (χ4n) is 1.06. The first-order chi connectivity index (χ1) is 7.34. The molecule has 0 amide bonds. The van der Waals surface area contributed by atoms with E-state index in [1.165, 1.54) is 0 Å². The lowest BCUT2D eigenvalue weighted by molar-refractivity contribution is -0.153. The average Bonchev–Trinajstić information content (AvgIpc) is 2.22. The zero-order chi connectivity index (χ0) is 12.5. The molecule has 1 rings (SSSR count). The lowest BCUT2D eigenvalue weighted by Crippen LogP contribution is -2.27. The first-order valence-electron chi connectivity index (χ1n) is 4.08. The third-order valence-electron chi connectivity index (χ3n) is 1.90. The van der Waals surface area contributed by atoms with Crippen molar-refractivity contribution in [3.05, 3.63) is 33.6 Å². The number of carboxylic acids is 1. The Morgan fingerprint density at radius 2 is 1.69 bits per heavy atom. The predicted octanol–water partition coefficient (Wildman–Crippen LogP) is 1.61. The maximum Gasteiger partial charge on any atom is 0.335 e. The number of aliphatic hydroxyl groups is 2. The molecule has 0 aliphatic rings. The standard InChI is InChI=1S/C9H7Cl2FO4/c10-4-1-3(2-5(11)6(4)12)7(13)8(14)9(15)16/h1-2,7-8,13-14H,(H,15,16). The predicted molar refractivity (Wildman–Crippen MR) is 55.0 cm³/mol. The van der Waals surface area contributed by atoms with Gasteiger partial charge in [0.05, 0.1) is 10.0 Å². The zero-order valence-electron chi connectivity index (χ0n) is 7.69. The highest BCUT2D eigenvalue weighted by Gasteiger charge is 2.26. The minimum absolute atomic E-state index is 0.0775. The molecule has 1 aromatic rings. The summed E-state index contributed by atoms with van der Waals surface area (Å²) in [5, 5.41) is 26.2. The number of benzene rings is 1. The number of carbonyl (C=O) groups is 1. The van der Waals surface area contributed by atoms with Crippen LogP contribution in [0.3, 0.4) is 0 Å². The average molecular weight is 269 g/mol. The maximum atomic E-state index is 13.0. The van der Waals surface area contributed by atoms with Gasteiger partial charge in [0.2, 0.25) is 0 Å². The van der Waals surface area contributed by atoms with Gasteiger partial charge in [0.15, 0.2) is 11.9 Å². The largest absolute Gasteiger partial charge is 0.479 e. The Bertz CT molecular complexity index is 401. The van der Waals surface area contributed by atoms with Crippen LogP contribution in [0.25, 0.3) is 0 Å². The van der Waals surface area contributed by atoms with E-state index in [2.05, 4.69) is 0 Å². The van der Waals surface area contributed by atoms with Crippen LogP contribution in [0.1, 0.15) is 11.7 Å². The molecule has 0 aliphatic heterocycles. The Morgan fingerprint density at radius 3 is 2.06 bits per heavy atom. The molecule has 4 nitrogen and oxygen atoms in total. The van der Waals surface area contributed by atoms with Crippen LogP contribution in [0.15, 0.2) is 12.1 Å². The highest BCUT2D eigenvalue weighted by molar-refractivity contribution is 6.35. The van der Waals surface area contributed by atoms with Gasteiger partial charge in [0.25, 0.3) is 0 Å². The van der Waals surface area contributed by atoms with Gasteiger partial charge in [-0.15, -0.1) is 0 Å². The minimum Gasteiger partial charge on any atom is -0.479 e. The van der Waals surface area contributed by atoms with Crippen molar-refractivity contribution in [2.45, 2.75) is 12.2 Å². The summed E-state index contributed by atoms with van der Waals surface area (Å²) in [5.74, 6) is -2.48. The normalized spacial score (nSPS) is 14.6. The summed E-state index contributed by atoms with van der Waals surface area (Å²) in [5.41, 5.74) is -0.0775. The first kappa shape index (κ1) is 13.2. The summed E-state index contributed by atoms with van der Waals surface area (Å²) in [6, 6.07) is 2.00. The van der Waals surface area contributed by atoms with Gasteiger partial charge in [-0.1, -0.05) is 23.2 Å². The summed E-state index contributed by atoms with van der Waals surface area (Å²) in [7, 11) is 0. The Kier molecular flexibility index (Phi) is 4.09. The summed E-state index contributed by atoms with van der Waals surface area (Å²) in [4.78, 5) is 10.4. The molecule has 0 aliphatic carbocycles. The zero-order valence-corrected chi connectivity index (χ0v) is 9.21. The van der Waals surface area contributed by atoms with Gasteiger partial charge in [-0.25, -0.2) is 9.18 Å². The molecule has 0 aromatic heterocycles. The number of carboxylic acid groups (broad SMARTS) is 1. The van der Waals surface area contributed by atoms with Crippen molar-refractivity contribution in [3.8, 4) is 0 Å². The Hall–Kier alpha value is -0.880. The number of aliphatic carboxylic acids is 1. The molecule has 0 bridgehead atoms. The molecule has 0 saturated carbocycles. The summed E-state index contributed by atoms with van der Waals surface area (Å²) in [6.07, 6.45) is -3.76. The summed E-state index contributed by atoms with van der Waals surface area (Å²) < 4.78 is 13.0. The molecule has 88 valence electrons. The van der Waals surface area contributed by atoms with Crippen molar-refractivity contribution in [1.29, 1.82) is 0 Å². The van der Waals surface area contributed by atoms with Crippen LogP contribution in [-0.4, -0.2) is 27.4 Å². The van der Waals surface area contributed by atoms with Crippen molar-refractivity contribution in [2.24, 2.45) is 0 Å². The molecule has 3 N–H and O–H groups in total. The van der Waals surface area contributed by atoms with Gasteiger partial charge in [-0.3, -0.25) is 0 Å². The highest BCUT2D eigenvalue weighted by atomic mass is 35.5. The minimum atomic E-state index is -2.03. The van der Waals surface area contributed by atoms with E-state index < -0.39 is 24.0 Å². The highest BCUT2D eigenvalue weighted by Crippen LogP contribution is 2.28. The Labute approximate surface area is 99.8 Å². The van der Waals surface area contributed by atoms with E-state index in [4.69, 9.17) is 33.4 Å². The second kappa shape index (κ2) is 4.97. The maximum absolute atomic E-state index is 13.0. The molecule has 1 aromatic carbocycles. The number of rotatable bonds is 3. The van der Waals surface area contributed by atoms with Crippen molar-refractivity contribution in [3.63, 3.8) is 0 Å². The van der Waals surface area contributed by atoms with Gasteiger partial charge < -0.3 is 15.3 Å². The molecule has 16 heavy (non-hydrogen) atoms. The van der Waals surface area contributed by atoms with Gasteiger partial charge in [-0.2, -0.15) is 0 Å². The Balaban J connectivity index is 3.10. The van der Waals surface area contributed by atoms with Crippen molar-refractivity contribution < 1.29 is 24.5 Å². The SMILES string of the molecule is O=C(O)C(O)C(O)c1cc(Cl)c(F)c(Cl)c1. The van der Waals surface area contributed by atoms with Crippen molar-refractivity contribution in [2.75, 3.05) is 0 Å². The quantitative estimate of drug-likeness (QED) is 0.728. The second-order valence-electron chi connectivity index (χ2n) is 3.03. The van der Waals surface area contributed by atoms with Gasteiger partial charge in [0.1, 0.15) is 6.10 Å². The van der Waals surface area contributed by atoms with Gasteiger partial charge in [0, 0.05) is 0 Å². The van der Waals surface area contributed by atoms with E-state index in [-0.39, 0.29) is 15.6 Å². The molecule has 0 fully saturated rings. The molecule has 0 spiro atoms. The first-order valence-corrected chi connectivity index (χ1v) is 4.83. The van der Waals surface area contributed by atoms with E-state index in [0.717, 1.165) is 12.1 Å². The molecule has 0 heterocycles. The van der Waals surface area contributed by atoms with E-state index >= 15 is 0 Å². The van der Waals surface area contributed by atoms with E-state index in [1.54, 1.807) is 0 Å². The fourth-order valence-corrected chi connectivity index (χ4v) is 1.57. The van der Waals surface area contributed by atoms with Crippen molar-refractivity contribution in [1.82, 2.24) is 0 Å².